The average molecular weight is 430 g/mol. The van der Waals surface area contributed by atoms with E-state index in [0.717, 1.165) is 0 Å². The van der Waals surface area contributed by atoms with Gasteiger partial charge < -0.3 is 9.47 Å². The molecular weight excluding hydrogens is 416 g/mol. The number of ether oxygens (including phenoxy) is 2. The number of carbonyl (C=O) groups is 6. The number of fused-ring (bicyclic) bond motifs is 2. The zero-order valence-electron chi connectivity index (χ0n) is 16.5. The van der Waals surface area contributed by atoms with Gasteiger partial charge in [-0.15, -0.1) is 0 Å². The molecule has 0 saturated carbocycles. The van der Waals surface area contributed by atoms with Crippen LogP contribution in [0, 0.1) is 11.8 Å². The lowest BCUT2D eigenvalue weighted by Crippen LogP contribution is -2.32. The van der Waals surface area contributed by atoms with Gasteiger partial charge in [0.2, 0.25) is 0 Å². The van der Waals surface area contributed by atoms with Gasteiger partial charge in [-0.3, -0.25) is 9.59 Å². The first-order chi connectivity index (χ1) is 15.4. The summed E-state index contributed by atoms with van der Waals surface area (Å²) in [6.45, 7) is 0. The van der Waals surface area contributed by atoms with Gasteiger partial charge in [0, 0.05) is 17.0 Å². The third-order valence-electron chi connectivity index (χ3n) is 5.94. The Kier molecular flexibility index (Phi) is 4.44. The lowest BCUT2D eigenvalue weighted by Gasteiger charge is -2.26. The van der Waals surface area contributed by atoms with Crippen molar-refractivity contribution < 1.29 is 38.2 Å². The van der Waals surface area contributed by atoms with Crippen molar-refractivity contribution in [2.24, 2.45) is 11.8 Å². The summed E-state index contributed by atoms with van der Waals surface area (Å²) in [5.41, 5.74) is -0.173. The number of carbonyl (C=O) groups excluding carboxylic acids is 6. The van der Waals surface area contributed by atoms with Crippen LogP contribution in [0.5, 0.6) is 0 Å². The van der Waals surface area contributed by atoms with Crippen LogP contribution in [0.3, 0.4) is 0 Å². The Hall–Kier alpha value is -4.20. The van der Waals surface area contributed by atoms with E-state index in [-0.39, 0.29) is 33.4 Å². The number of ketones is 2. The number of Topliss-reactive ketones (excluding diaryl/α,β-unsaturated/α-hetero) is 2. The molecule has 0 saturated heterocycles. The highest BCUT2D eigenvalue weighted by Gasteiger charge is 2.41. The highest BCUT2D eigenvalue weighted by molar-refractivity contribution is 6.22. The predicted molar refractivity (Wildman–Crippen MR) is 106 cm³/mol. The van der Waals surface area contributed by atoms with Crippen molar-refractivity contribution in [3.8, 4) is 0 Å². The summed E-state index contributed by atoms with van der Waals surface area (Å²) in [6, 6.07) is 8.60. The second-order valence-corrected chi connectivity index (χ2v) is 7.68. The van der Waals surface area contributed by atoms with E-state index in [2.05, 4.69) is 9.47 Å². The summed E-state index contributed by atoms with van der Waals surface area (Å²) in [5, 5.41) is 0. The zero-order chi connectivity index (χ0) is 22.6. The molecule has 5 rings (SSSR count). The fourth-order valence-electron chi connectivity index (χ4n) is 4.45. The Labute approximate surface area is 180 Å². The van der Waals surface area contributed by atoms with Crippen molar-refractivity contribution in [1.29, 1.82) is 0 Å². The van der Waals surface area contributed by atoms with Crippen LogP contribution in [0.1, 0.15) is 75.0 Å². The fourth-order valence-corrected chi connectivity index (χ4v) is 4.45. The van der Waals surface area contributed by atoms with E-state index < -0.39 is 47.3 Å². The van der Waals surface area contributed by atoms with Crippen LogP contribution in [0.25, 0.3) is 0 Å². The normalized spacial score (nSPS) is 21.1. The molecule has 32 heavy (non-hydrogen) atoms. The van der Waals surface area contributed by atoms with Crippen LogP contribution < -0.4 is 0 Å². The first kappa shape index (κ1) is 19.7. The SMILES string of the molecule is O=C1OC(=O)c2c1cccc2C(=O)C1C=CCCC1C(=O)c1cccc2c1C(=O)OC2=O. The molecule has 8 nitrogen and oxygen atoms in total. The largest absolute Gasteiger partial charge is 0.386 e. The van der Waals surface area contributed by atoms with Gasteiger partial charge >= 0.3 is 23.9 Å². The lowest BCUT2D eigenvalue weighted by atomic mass is 9.74. The van der Waals surface area contributed by atoms with Gasteiger partial charge in [-0.25, -0.2) is 19.2 Å². The molecule has 0 amide bonds. The van der Waals surface area contributed by atoms with Crippen molar-refractivity contribution in [3.63, 3.8) is 0 Å². The molecule has 158 valence electrons. The Morgan fingerprint density at radius 3 is 1.81 bits per heavy atom. The third-order valence-corrected chi connectivity index (χ3v) is 5.94. The van der Waals surface area contributed by atoms with Gasteiger partial charge in [-0.05, 0) is 25.0 Å². The average Bonchev–Trinajstić information content (AvgIpc) is 3.27. The van der Waals surface area contributed by atoms with Crippen LogP contribution in [0.15, 0.2) is 48.6 Å². The molecular formula is C24H14O8. The number of hydrogen-bond acceptors (Lipinski definition) is 8. The molecule has 0 aromatic heterocycles. The van der Waals surface area contributed by atoms with E-state index in [1.54, 1.807) is 12.2 Å². The minimum atomic E-state index is -0.921. The van der Waals surface area contributed by atoms with Crippen molar-refractivity contribution in [1.82, 2.24) is 0 Å². The molecule has 2 aliphatic heterocycles. The molecule has 1 aliphatic carbocycles. The molecule has 3 aliphatic rings. The van der Waals surface area contributed by atoms with Crippen LogP contribution in [-0.2, 0) is 9.47 Å². The third kappa shape index (κ3) is 2.84. The fraction of sp³-hybridized carbons (Fsp3) is 0.167. The van der Waals surface area contributed by atoms with Gasteiger partial charge in [0.05, 0.1) is 28.2 Å². The molecule has 0 N–H and O–H groups in total. The number of allylic oxidation sites excluding steroid dienone is 2. The van der Waals surface area contributed by atoms with Crippen LogP contribution in [0.4, 0.5) is 0 Å². The monoisotopic (exact) mass is 430 g/mol. The molecule has 8 heteroatoms. The number of esters is 4. The van der Waals surface area contributed by atoms with E-state index in [9.17, 15) is 28.8 Å². The van der Waals surface area contributed by atoms with Crippen LogP contribution >= 0.6 is 0 Å². The number of rotatable bonds is 4. The second-order valence-electron chi connectivity index (χ2n) is 7.68. The molecule has 0 fully saturated rings. The number of benzene rings is 2. The molecule has 2 unspecified atom stereocenters. The zero-order valence-corrected chi connectivity index (χ0v) is 16.5. The maximum Gasteiger partial charge on any atom is 0.347 e. The minimum absolute atomic E-state index is 0.000535. The van der Waals surface area contributed by atoms with E-state index in [1.807, 2.05) is 0 Å². The Balaban J connectivity index is 1.55. The molecule has 2 atom stereocenters. The molecule has 2 heterocycles. The topological polar surface area (TPSA) is 121 Å². The maximum absolute atomic E-state index is 13.5. The maximum atomic E-state index is 13.5. The van der Waals surface area contributed by atoms with Gasteiger partial charge in [0.25, 0.3) is 0 Å². The second kappa shape index (κ2) is 7.19. The van der Waals surface area contributed by atoms with Gasteiger partial charge in [0.15, 0.2) is 11.6 Å². The lowest BCUT2D eigenvalue weighted by molar-refractivity contribution is 0.0424. The van der Waals surface area contributed by atoms with Crippen molar-refractivity contribution in [3.05, 3.63) is 81.9 Å². The van der Waals surface area contributed by atoms with Crippen molar-refractivity contribution >= 4 is 35.4 Å². The first-order valence-electron chi connectivity index (χ1n) is 9.92. The standard InChI is InChI=1S/C24H14O8/c25-19(13-7-3-9-15-17(13)23(29)31-21(15)27)11-5-1-2-6-12(11)20(26)14-8-4-10-16-18(14)24(30)32-22(16)28/h1,3-5,7-12H,2,6H2. The van der Waals surface area contributed by atoms with Gasteiger partial charge in [-0.1, -0.05) is 36.4 Å². The smallest absolute Gasteiger partial charge is 0.347 e. The summed E-state index contributed by atoms with van der Waals surface area (Å²) in [4.78, 5) is 74.9. The summed E-state index contributed by atoms with van der Waals surface area (Å²) >= 11 is 0. The van der Waals surface area contributed by atoms with Crippen LogP contribution in [-0.4, -0.2) is 35.4 Å². The first-order valence-corrected chi connectivity index (χ1v) is 9.92. The summed E-state index contributed by atoms with van der Waals surface area (Å²) < 4.78 is 9.26. The molecule has 2 aromatic rings. The van der Waals surface area contributed by atoms with Crippen LogP contribution in [0.2, 0.25) is 0 Å². The van der Waals surface area contributed by atoms with Crippen molar-refractivity contribution in [2.45, 2.75) is 12.8 Å². The quantitative estimate of drug-likeness (QED) is 0.314. The number of cyclic esters (lactones) is 4. The summed E-state index contributed by atoms with van der Waals surface area (Å²) in [6.07, 6.45) is 4.23. The van der Waals surface area contributed by atoms with Gasteiger partial charge in [0.1, 0.15) is 0 Å². The summed E-state index contributed by atoms with van der Waals surface area (Å²) in [7, 11) is 0. The molecule has 0 spiro atoms. The predicted octanol–water partition coefficient (Wildman–Crippen LogP) is 2.96. The van der Waals surface area contributed by atoms with Gasteiger partial charge in [-0.2, -0.15) is 0 Å². The van der Waals surface area contributed by atoms with E-state index in [4.69, 9.17) is 0 Å². The molecule has 0 radical (unpaired) electrons. The Morgan fingerprint density at radius 1 is 0.719 bits per heavy atom. The Bertz CT molecular complexity index is 1300. The molecule has 0 bridgehead atoms. The Morgan fingerprint density at radius 2 is 1.25 bits per heavy atom. The highest BCUT2D eigenvalue weighted by Crippen LogP contribution is 2.35. The highest BCUT2D eigenvalue weighted by atomic mass is 16.6. The summed E-state index contributed by atoms with van der Waals surface area (Å²) in [5.74, 6) is -6.17. The molecule has 2 aromatic carbocycles. The number of hydrogen-bond donors (Lipinski definition) is 0. The van der Waals surface area contributed by atoms with Crippen molar-refractivity contribution in [2.75, 3.05) is 0 Å². The van der Waals surface area contributed by atoms with E-state index in [0.29, 0.717) is 12.8 Å². The minimum Gasteiger partial charge on any atom is -0.386 e. The van der Waals surface area contributed by atoms with E-state index in [1.165, 1.54) is 36.4 Å². The van der Waals surface area contributed by atoms with E-state index >= 15 is 0 Å².